The van der Waals surface area contributed by atoms with E-state index in [-0.39, 0.29) is 0 Å². The van der Waals surface area contributed by atoms with E-state index < -0.39 is 0 Å². The molecule has 1 aromatic rings. The van der Waals surface area contributed by atoms with Crippen molar-refractivity contribution in [2.45, 2.75) is 6.54 Å². The first-order valence-electron chi connectivity index (χ1n) is 6.52. The summed E-state index contributed by atoms with van der Waals surface area (Å²) in [7, 11) is 3.08. The van der Waals surface area contributed by atoms with Crippen LogP contribution in [-0.2, 0) is 6.54 Å². The lowest BCUT2D eigenvalue weighted by atomic mass is 10.1. The molecule has 0 unspecified atom stereocenters. The number of hydrogen-bond acceptors (Lipinski definition) is 5. The van der Waals surface area contributed by atoms with Crippen LogP contribution in [0.1, 0.15) is 15.9 Å². The summed E-state index contributed by atoms with van der Waals surface area (Å²) in [5, 5.41) is 3.84. The van der Waals surface area contributed by atoms with Gasteiger partial charge in [-0.25, -0.2) is 0 Å². The number of benzene rings is 1. The predicted molar refractivity (Wildman–Crippen MR) is 78.1 cm³/mol. The normalized spacial score (nSPS) is 15.9. The van der Waals surface area contributed by atoms with E-state index in [4.69, 9.17) is 21.1 Å². The maximum Gasteiger partial charge on any atom is 0.171 e. The average molecular weight is 299 g/mol. The van der Waals surface area contributed by atoms with Gasteiger partial charge in [0.2, 0.25) is 0 Å². The summed E-state index contributed by atoms with van der Waals surface area (Å²) >= 11 is 6.30. The maximum atomic E-state index is 11.1. The molecule has 0 bridgehead atoms. The van der Waals surface area contributed by atoms with E-state index in [0.29, 0.717) is 28.6 Å². The number of piperazine rings is 1. The molecule has 0 spiro atoms. The van der Waals surface area contributed by atoms with Crippen molar-refractivity contribution in [1.82, 2.24) is 10.2 Å². The molecular weight excluding hydrogens is 280 g/mol. The largest absolute Gasteiger partial charge is 0.492 e. The lowest BCUT2D eigenvalue weighted by Crippen LogP contribution is -2.43. The topological polar surface area (TPSA) is 50.8 Å². The van der Waals surface area contributed by atoms with Gasteiger partial charge in [0.05, 0.1) is 19.8 Å². The number of rotatable bonds is 5. The van der Waals surface area contributed by atoms with Gasteiger partial charge < -0.3 is 14.8 Å². The summed E-state index contributed by atoms with van der Waals surface area (Å²) in [6.45, 7) is 4.51. The fourth-order valence-electron chi connectivity index (χ4n) is 2.42. The van der Waals surface area contributed by atoms with Gasteiger partial charge in [0.25, 0.3) is 0 Å². The minimum absolute atomic E-state index is 0.401. The zero-order chi connectivity index (χ0) is 14.5. The van der Waals surface area contributed by atoms with E-state index in [2.05, 4.69) is 10.2 Å². The van der Waals surface area contributed by atoms with Gasteiger partial charge in [0.15, 0.2) is 17.8 Å². The molecule has 0 aromatic heterocycles. The van der Waals surface area contributed by atoms with Crippen molar-refractivity contribution in [3.63, 3.8) is 0 Å². The van der Waals surface area contributed by atoms with Crippen LogP contribution in [0.3, 0.4) is 0 Å². The van der Waals surface area contributed by atoms with Gasteiger partial charge in [-0.1, -0.05) is 11.6 Å². The Hall–Kier alpha value is -1.30. The molecular formula is C14H19ClN2O3. The van der Waals surface area contributed by atoms with E-state index in [1.165, 1.54) is 7.11 Å². The Bertz CT molecular complexity index is 488. The summed E-state index contributed by atoms with van der Waals surface area (Å²) < 4.78 is 10.7. The standard InChI is InChI=1S/C14H19ClN2O3/c1-19-13-10(9-18)7-12(15)11(14(13)20-2)8-17-5-3-16-4-6-17/h7,9,16H,3-6,8H2,1-2H3. The Morgan fingerprint density at radius 3 is 2.50 bits per heavy atom. The molecule has 1 fully saturated rings. The van der Waals surface area contributed by atoms with E-state index in [9.17, 15) is 4.79 Å². The van der Waals surface area contributed by atoms with E-state index in [1.54, 1.807) is 13.2 Å². The Morgan fingerprint density at radius 2 is 1.95 bits per heavy atom. The van der Waals surface area contributed by atoms with Crippen LogP contribution in [-0.4, -0.2) is 51.6 Å². The average Bonchev–Trinajstić information content (AvgIpc) is 2.49. The summed E-state index contributed by atoms with van der Waals surface area (Å²) in [6.07, 6.45) is 0.724. The molecule has 1 N–H and O–H groups in total. The molecule has 110 valence electrons. The Morgan fingerprint density at radius 1 is 1.30 bits per heavy atom. The van der Waals surface area contributed by atoms with Gasteiger partial charge in [-0.2, -0.15) is 0 Å². The van der Waals surface area contributed by atoms with Crippen LogP contribution in [0.4, 0.5) is 0 Å². The zero-order valence-electron chi connectivity index (χ0n) is 11.7. The molecule has 2 rings (SSSR count). The molecule has 20 heavy (non-hydrogen) atoms. The Kier molecular flexibility index (Phi) is 5.23. The highest BCUT2D eigenvalue weighted by Crippen LogP contribution is 2.39. The number of carbonyl (C=O) groups excluding carboxylic acids is 1. The second kappa shape index (κ2) is 6.92. The van der Waals surface area contributed by atoms with Crippen molar-refractivity contribution in [1.29, 1.82) is 0 Å². The fourth-order valence-corrected chi connectivity index (χ4v) is 2.68. The number of methoxy groups -OCH3 is 2. The van der Waals surface area contributed by atoms with Crippen molar-refractivity contribution in [2.24, 2.45) is 0 Å². The fraction of sp³-hybridized carbons (Fsp3) is 0.500. The third-order valence-corrected chi connectivity index (χ3v) is 3.78. The monoisotopic (exact) mass is 298 g/mol. The highest BCUT2D eigenvalue weighted by atomic mass is 35.5. The van der Waals surface area contributed by atoms with Crippen molar-refractivity contribution in [3.8, 4) is 11.5 Å². The molecule has 1 aromatic carbocycles. The number of carbonyl (C=O) groups is 1. The molecule has 6 heteroatoms. The smallest absolute Gasteiger partial charge is 0.171 e. The van der Waals surface area contributed by atoms with Crippen LogP contribution in [0, 0.1) is 0 Å². The molecule has 0 amide bonds. The second-order valence-electron chi connectivity index (χ2n) is 4.64. The van der Waals surface area contributed by atoms with Gasteiger partial charge in [0.1, 0.15) is 0 Å². The summed E-state index contributed by atoms with van der Waals surface area (Å²) in [5.41, 5.74) is 1.26. The van der Waals surface area contributed by atoms with Gasteiger partial charge in [0, 0.05) is 43.3 Å². The molecule has 1 aliphatic rings. The third kappa shape index (κ3) is 3.06. The first kappa shape index (κ1) is 15.1. The summed E-state index contributed by atoms with van der Waals surface area (Å²) in [6, 6.07) is 1.63. The highest BCUT2D eigenvalue weighted by Gasteiger charge is 2.21. The van der Waals surface area contributed by atoms with Crippen LogP contribution in [0.5, 0.6) is 11.5 Å². The predicted octanol–water partition coefficient (Wildman–Crippen LogP) is 1.57. The number of ether oxygens (including phenoxy) is 2. The van der Waals surface area contributed by atoms with E-state index >= 15 is 0 Å². The van der Waals surface area contributed by atoms with Crippen molar-refractivity contribution in [3.05, 3.63) is 22.2 Å². The minimum Gasteiger partial charge on any atom is -0.492 e. The molecule has 1 heterocycles. The first-order chi connectivity index (χ1) is 9.71. The Labute approximate surface area is 123 Å². The van der Waals surface area contributed by atoms with Crippen LogP contribution < -0.4 is 14.8 Å². The van der Waals surface area contributed by atoms with E-state index in [0.717, 1.165) is 38.0 Å². The third-order valence-electron chi connectivity index (χ3n) is 3.44. The zero-order valence-corrected chi connectivity index (χ0v) is 12.5. The van der Waals surface area contributed by atoms with Gasteiger partial charge in [-0.15, -0.1) is 0 Å². The SMILES string of the molecule is COc1c(C=O)cc(Cl)c(CN2CCNCC2)c1OC. The maximum absolute atomic E-state index is 11.1. The van der Waals surface area contributed by atoms with Crippen molar-refractivity contribution < 1.29 is 14.3 Å². The highest BCUT2D eigenvalue weighted by molar-refractivity contribution is 6.32. The minimum atomic E-state index is 0.401. The number of halogens is 1. The second-order valence-corrected chi connectivity index (χ2v) is 5.04. The van der Waals surface area contributed by atoms with Crippen molar-refractivity contribution >= 4 is 17.9 Å². The van der Waals surface area contributed by atoms with Crippen LogP contribution in [0.25, 0.3) is 0 Å². The molecule has 1 saturated heterocycles. The molecule has 5 nitrogen and oxygen atoms in total. The van der Waals surface area contributed by atoms with Gasteiger partial charge >= 0.3 is 0 Å². The van der Waals surface area contributed by atoms with E-state index in [1.807, 2.05) is 0 Å². The molecule has 1 aliphatic heterocycles. The molecule has 0 atom stereocenters. The summed E-state index contributed by atoms with van der Waals surface area (Å²) in [4.78, 5) is 13.4. The van der Waals surface area contributed by atoms with Crippen LogP contribution >= 0.6 is 11.6 Å². The van der Waals surface area contributed by atoms with Crippen LogP contribution in [0.15, 0.2) is 6.07 Å². The number of aldehydes is 1. The number of hydrogen-bond donors (Lipinski definition) is 1. The Balaban J connectivity index is 2.37. The number of nitrogens with one attached hydrogen (secondary N) is 1. The molecule has 0 radical (unpaired) electrons. The number of nitrogens with zero attached hydrogens (tertiary/aromatic N) is 1. The lowest BCUT2D eigenvalue weighted by Gasteiger charge is -2.28. The molecule has 0 aliphatic carbocycles. The van der Waals surface area contributed by atoms with Gasteiger partial charge in [-0.05, 0) is 6.07 Å². The van der Waals surface area contributed by atoms with Crippen LogP contribution in [0.2, 0.25) is 5.02 Å². The molecule has 0 saturated carbocycles. The summed E-state index contributed by atoms with van der Waals surface area (Å²) in [5.74, 6) is 0.984. The quantitative estimate of drug-likeness (QED) is 0.837. The lowest BCUT2D eigenvalue weighted by molar-refractivity contribution is 0.112. The first-order valence-corrected chi connectivity index (χ1v) is 6.90. The van der Waals surface area contributed by atoms with Gasteiger partial charge in [-0.3, -0.25) is 9.69 Å². The van der Waals surface area contributed by atoms with Crippen molar-refractivity contribution in [2.75, 3.05) is 40.4 Å².